The second-order valence-electron chi connectivity index (χ2n) is 7.16. The second-order valence-corrected chi connectivity index (χ2v) is 7.16. The Labute approximate surface area is 159 Å². The second kappa shape index (κ2) is 9.57. The molecule has 2 atom stereocenters. The summed E-state index contributed by atoms with van der Waals surface area (Å²) in [5.41, 5.74) is 2.21. The molecule has 1 aromatic carbocycles. The lowest BCUT2D eigenvalue weighted by Gasteiger charge is -2.14. The molecule has 3 rings (SSSR count). The van der Waals surface area contributed by atoms with Crippen LogP contribution in [0.15, 0.2) is 18.2 Å². The molecule has 4 N–H and O–H groups in total. The summed E-state index contributed by atoms with van der Waals surface area (Å²) < 4.78 is 10.6. The lowest BCUT2D eigenvalue weighted by Crippen LogP contribution is -2.34. The number of aryl methyl sites for hydroxylation is 1. The highest BCUT2D eigenvalue weighted by Gasteiger charge is 2.17. The third-order valence-corrected chi connectivity index (χ3v) is 4.89. The van der Waals surface area contributed by atoms with Crippen LogP contribution in [0.25, 0.3) is 0 Å². The molecule has 0 radical (unpaired) electrons. The van der Waals surface area contributed by atoms with Gasteiger partial charge in [0.25, 0.3) is 0 Å². The molecule has 0 bridgehead atoms. The summed E-state index contributed by atoms with van der Waals surface area (Å²) in [6, 6.07) is 4.91. The minimum Gasteiger partial charge on any atom is -0.381 e. The van der Waals surface area contributed by atoms with E-state index >= 15 is 0 Å². The Hall–Kier alpha value is -2.32. The molecule has 0 spiro atoms. The highest BCUT2D eigenvalue weighted by molar-refractivity contribution is 5.93. The average molecular weight is 376 g/mol. The van der Waals surface area contributed by atoms with E-state index < -0.39 is 0 Å². The van der Waals surface area contributed by atoms with Crippen LogP contribution in [0, 0.1) is 18.8 Å². The third kappa shape index (κ3) is 6.11. The van der Waals surface area contributed by atoms with Crippen molar-refractivity contribution in [2.75, 3.05) is 50.2 Å². The van der Waals surface area contributed by atoms with E-state index in [1.165, 1.54) is 0 Å². The number of anilines is 2. The molecule has 4 amide bonds. The van der Waals surface area contributed by atoms with Gasteiger partial charge in [0.1, 0.15) is 0 Å². The first-order valence-corrected chi connectivity index (χ1v) is 9.46. The van der Waals surface area contributed by atoms with Crippen molar-refractivity contribution in [1.29, 1.82) is 0 Å². The van der Waals surface area contributed by atoms with Crippen LogP contribution in [0.2, 0.25) is 0 Å². The van der Waals surface area contributed by atoms with Gasteiger partial charge in [0, 0.05) is 49.5 Å². The van der Waals surface area contributed by atoms with Crippen LogP contribution in [0.3, 0.4) is 0 Å². The first kappa shape index (κ1) is 19.4. The third-order valence-electron chi connectivity index (χ3n) is 4.89. The lowest BCUT2D eigenvalue weighted by molar-refractivity contribution is 0.185. The lowest BCUT2D eigenvalue weighted by atomic mass is 10.1. The summed E-state index contributed by atoms with van der Waals surface area (Å²) in [7, 11) is 0. The minimum absolute atomic E-state index is 0.257. The van der Waals surface area contributed by atoms with Crippen molar-refractivity contribution < 1.29 is 19.1 Å². The van der Waals surface area contributed by atoms with E-state index in [1.54, 1.807) is 6.07 Å². The Morgan fingerprint density at radius 1 is 0.963 bits per heavy atom. The Morgan fingerprint density at radius 2 is 1.56 bits per heavy atom. The topological polar surface area (TPSA) is 101 Å². The molecular weight excluding hydrogens is 348 g/mol. The number of carbonyl (C=O) groups is 2. The molecule has 0 aliphatic carbocycles. The molecule has 1 aromatic rings. The first-order valence-electron chi connectivity index (χ1n) is 9.46. The summed E-state index contributed by atoms with van der Waals surface area (Å²) in [4.78, 5) is 24.2. The van der Waals surface area contributed by atoms with Crippen LogP contribution in [-0.4, -0.2) is 51.6 Å². The van der Waals surface area contributed by atoms with Gasteiger partial charge in [-0.05, 0) is 37.5 Å². The van der Waals surface area contributed by atoms with Crippen molar-refractivity contribution in [1.82, 2.24) is 10.6 Å². The molecule has 148 valence electrons. The maximum Gasteiger partial charge on any atom is 0.319 e. The predicted molar refractivity (Wildman–Crippen MR) is 103 cm³/mol. The Kier molecular flexibility index (Phi) is 6.89. The number of hydrogen-bond donors (Lipinski definition) is 4. The van der Waals surface area contributed by atoms with Crippen molar-refractivity contribution in [2.45, 2.75) is 19.8 Å². The molecule has 2 fully saturated rings. The maximum atomic E-state index is 12.1. The normalized spacial score (nSPS) is 21.7. The summed E-state index contributed by atoms with van der Waals surface area (Å²) in [6.07, 6.45) is 1.95. The van der Waals surface area contributed by atoms with Crippen LogP contribution in [0.5, 0.6) is 0 Å². The number of urea groups is 2. The SMILES string of the molecule is Cc1ccc(NC(=O)NC[C@@H]2CCOC2)cc1NC(=O)NC[C@@H]1CCOC1. The fourth-order valence-electron chi connectivity index (χ4n) is 3.14. The largest absolute Gasteiger partial charge is 0.381 e. The molecular formula is C19H28N4O4. The number of amides is 4. The van der Waals surface area contributed by atoms with E-state index in [2.05, 4.69) is 21.3 Å². The number of rotatable bonds is 6. The minimum atomic E-state index is -0.262. The summed E-state index contributed by atoms with van der Waals surface area (Å²) >= 11 is 0. The molecule has 2 saturated heterocycles. The van der Waals surface area contributed by atoms with Gasteiger partial charge in [-0.2, -0.15) is 0 Å². The van der Waals surface area contributed by atoms with Gasteiger partial charge in [0.2, 0.25) is 0 Å². The zero-order valence-electron chi connectivity index (χ0n) is 15.7. The fourth-order valence-corrected chi connectivity index (χ4v) is 3.14. The number of nitrogens with one attached hydrogen (secondary N) is 4. The number of benzene rings is 1. The Bertz CT molecular complexity index is 655. The van der Waals surface area contributed by atoms with Gasteiger partial charge in [-0.15, -0.1) is 0 Å². The van der Waals surface area contributed by atoms with Gasteiger partial charge < -0.3 is 30.7 Å². The number of ether oxygens (including phenoxy) is 2. The summed E-state index contributed by atoms with van der Waals surface area (Å²) in [6.45, 7) is 6.01. The van der Waals surface area contributed by atoms with Crippen LogP contribution >= 0.6 is 0 Å². The van der Waals surface area contributed by atoms with E-state index in [1.807, 2.05) is 19.1 Å². The van der Waals surface area contributed by atoms with Crippen LogP contribution in [0.4, 0.5) is 21.0 Å². The first-order chi connectivity index (χ1) is 13.1. The quantitative estimate of drug-likeness (QED) is 0.612. The molecule has 0 aromatic heterocycles. The van der Waals surface area contributed by atoms with E-state index in [-0.39, 0.29) is 12.1 Å². The molecule has 27 heavy (non-hydrogen) atoms. The zero-order valence-corrected chi connectivity index (χ0v) is 15.7. The number of carbonyl (C=O) groups excluding carboxylic acids is 2. The Morgan fingerprint density at radius 3 is 2.11 bits per heavy atom. The molecule has 2 aliphatic heterocycles. The standard InChI is InChI=1S/C19H28N4O4/c1-13-2-3-16(22-18(24)20-9-14-4-6-26-11-14)8-17(13)23-19(25)21-10-15-5-7-27-12-15/h2-3,8,14-15H,4-7,9-12H2,1H3,(H2,20,22,24)(H2,21,23,25)/t14-,15-/m0/s1. The smallest absolute Gasteiger partial charge is 0.319 e. The monoisotopic (exact) mass is 376 g/mol. The molecule has 8 nitrogen and oxygen atoms in total. The molecule has 0 unspecified atom stereocenters. The van der Waals surface area contributed by atoms with Gasteiger partial charge >= 0.3 is 12.1 Å². The van der Waals surface area contributed by atoms with Gasteiger partial charge in [0.05, 0.1) is 13.2 Å². The molecule has 2 aliphatic rings. The van der Waals surface area contributed by atoms with E-state index in [0.29, 0.717) is 49.5 Å². The van der Waals surface area contributed by atoms with E-state index in [0.717, 1.165) is 31.6 Å². The van der Waals surface area contributed by atoms with Crippen molar-refractivity contribution in [2.24, 2.45) is 11.8 Å². The van der Waals surface area contributed by atoms with Crippen molar-refractivity contribution in [3.05, 3.63) is 23.8 Å². The molecule has 0 saturated carbocycles. The van der Waals surface area contributed by atoms with Gasteiger partial charge in [-0.3, -0.25) is 0 Å². The number of hydrogen-bond acceptors (Lipinski definition) is 4. The highest BCUT2D eigenvalue weighted by atomic mass is 16.5. The van der Waals surface area contributed by atoms with Gasteiger partial charge in [-0.1, -0.05) is 6.07 Å². The van der Waals surface area contributed by atoms with Crippen molar-refractivity contribution >= 4 is 23.4 Å². The van der Waals surface area contributed by atoms with E-state index in [9.17, 15) is 9.59 Å². The Balaban J connectivity index is 1.47. The van der Waals surface area contributed by atoms with Crippen molar-refractivity contribution in [3.8, 4) is 0 Å². The van der Waals surface area contributed by atoms with Crippen LogP contribution in [0.1, 0.15) is 18.4 Å². The maximum absolute atomic E-state index is 12.1. The van der Waals surface area contributed by atoms with E-state index in [4.69, 9.17) is 9.47 Å². The predicted octanol–water partition coefficient (Wildman–Crippen LogP) is 2.31. The zero-order chi connectivity index (χ0) is 19.1. The fraction of sp³-hybridized carbons (Fsp3) is 0.579. The highest BCUT2D eigenvalue weighted by Crippen LogP contribution is 2.20. The molecule has 8 heteroatoms. The summed E-state index contributed by atoms with van der Waals surface area (Å²) in [5.74, 6) is 0.749. The summed E-state index contributed by atoms with van der Waals surface area (Å²) in [5, 5.41) is 11.4. The van der Waals surface area contributed by atoms with Crippen LogP contribution < -0.4 is 21.3 Å². The van der Waals surface area contributed by atoms with Gasteiger partial charge in [-0.25, -0.2) is 9.59 Å². The average Bonchev–Trinajstić information content (AvgIpc) is 3.35. The molecule has 2 heterocycles. The van der Waals surface area contributed by atoms with Gasteiger partial charge in [0.15, 0.2) is 0 Å². The van der Waals surface area contributed by atoms with Crippen molar-refractivity contribution in [3.63, 3.8) is 0 Å². The van der Waals surface area contributed by atoms with Crippen LogP contribution in [-0.2, 0) is 9.47 Å².